The van der Waals surface area contributed by atoms with Gasteiger partial charge in [0, 0.05) is 113 Å². The van der Waals surface area contributed by atoms with Gasteiger partial charge in [-0.1, -0.05) is 42.5 Å². The molecule has 9 heterocycles. The Morgan fingerprint density at radius 3 is 1.18 bits per heavy atom. The molecule has 10 rings (SSSR count). The summed E-state index contributed by atoms with van der Waals surface area (Å²) in [7, 11) is 0. The number of carbonyl (C=O) groups excluding carboxylic acids is 7. The SMILES string of the molecule is CC(C)(C(=O)O)c1nccnc1Cl.CC(C)(C)OC(=O)N1CCC(N)CC1.CC(C)(C)OC(=O)N1CCC(N2C(=O)C(C)(C)c3nccnc32)CC1.CC(C)(C)OC(=O)N1CCC(NC(=O)C(C)(C)c2nccnc2Cl)CC1.CC1(C)C(=O)N(C2CCCCC2)c2nccnc21.Cl.O=CO[O-].[Cs+].[Cs+].[H-]. The average molecular weight is 1740 g/mol. The Labute approximate surface area is 741 Å². The third-order valence-corrected chi connectivity index (χ3v) is 17.8. The Morgan fingerprint density at radius 1 is 0.534 bits per heavy atom. The first-order chi connectivity index (χ1) is 46.5. The molecule has 1 aliphatic carbocycles. The van der Waals surface area contributed by atoms with Crippen molar-refractivity contribution in [2.24, 2.45) is 5.73 Å². The predicted molar refractivity (Wildman–Crippen MR) is 380 cm³/mol. The molecule has 0 radical (unpaired) electrons. The molecular weight excluding hydrogens is 1640 g/mol. The van der Waals surface area contributed by atoms with E-state index in [1.165, 1.54) is 57.9 Å². The van der Waals surface area contributed by atoms with Crippen LogP contribution in [-0.2, 0) is 64.7 Å². The Morgan fingerprint density at radius 2 is 0.845 bits per heavy atom. The first-order valence-electron chi connectivity index (χ1n) is 33.7. The van der Waals surface area contributed by atoms with E-state index in [-0.39, 0.29) is 228 Å². The number of nitrogens with one attached hydrogen (secondary N) is 1. The standard InChI is InChI=1S/C18H27ClN4O3.C18H26N4O3.C14H19N3O.C10H20N2O2.C8H9ClN2O2.CH2O3.ClH.2Cs.H/c1-17(2,3)26-16(25)23-10-6-12(7-11-23)22-15(24)18(4,5)13-14(19)21-9-8-20-13;1-17(2,3)25-16(24)21-10-6-12(7-11-21)22-14-13(19-8-9-20-14)18(4,5)15(22)23;1-14(2)11-12(16-9-8-15-11)17(13(14)18)10-6-4-3-5-7-10;1-10(2,3)14-9(13)12-6-4-8(11)5-7-12;1-8(2,7(12)13)5-6(9)11-4-3-10-5;2-1-4-3;;;;/h8-9,12H,6-7,10-11H2,1-5H3,(H,22,24);8-9,12H,6-7,10-11H2,1-5H3;8-10H,3-7H2,1-2H3;8H,4-7,11H2,1-3H3;3-4H,1-2H3,(H,12,13);1,3H;1H;;;/q;;;;;;;2*+1;-1/p-1. The van der Waals surface area contributed by atoms with E-state index >= 15 is 0 Å². The van der Waals surface area contributed by atoms with Crippen LogP contribution in [0.15, 0.2) is 49.6 Å². The molecule has 6 amide bonds. The zero-order chi connectivity index (χ0) is 74.9. The van der Waals surface area contributed by atoms with E-state index in [0.717, 1.165) is 56.0 Å². The van der Waals surface area contributed by atoms with Gasteiger partial charge >= 0.3 is 162 Å². The van der Waals surface area contributed by atoms with Crippen molar-refractivity contribution in [1.82, 2.24) is 59.9 Å². The largest absolute Gasteiger partial charge is 1.00 e. The van der Waals surface area contributed by atoms with Crippen molar-refractivity contribution in [3.63, 3.8) is 0 Å². The van der Waals surface area contributed by atoms with Crippen molar-refractivity contribution in [1.29, 1.82) is 0 Å². The summed E-state index contributed by atoms with van der Waals surface area (Å²) in [5, 5.41) is 20.7. The second kappa shape index (κ2) is 41.8. The topological polar surface area (TPSA) is 374 Å². The van der Waals surface area contributed by atoms with Gasteiger partial charge in [-0.25, -0.2) is 34.3 Å². The number of fused-ring (bicyclic) bond motifs is 2. The normalized spacial score (nSPS) is 17.5. The molecule has 103 heavy (non-hydrogen) atoms. The van der Waals surface area contributed by atoms with Crippen LogP contribution in [-0.4, -0.2) is 188 Å². The van der Waals surface area contributed by atoms with E-state index in [2.05, 4.69) is 50.1 Å². The molecule has 0 spiro atoms. The maximum atomic E-state index is 12.9. The van der Waals surface area contributed by atoms with Crippen LogP contribution in [0.25, 0.3) is 0 Å². The minimum Gasteiger partial charge on any atom is -1.00 e. The van der Waals surface area contributed by atoms with Gasteiger partial charge in [0.2, 0.25) is 17.7 Å². The number of carboxylic acid groups (broad SMARTS) is 1. The number of carbonyl (C=O) groups is 8. The minimum absolute atomic E-state index is 0. The van der Waals surface area contributed by atoms with Crippen LogP contribution in [0.1, 0.15) is 213 Å². The summed E-state index contributed by atoms with van der Waals surface area (Å²) in [6.45, 7) is 34.5. The number of nitrogens with two attached hydrogens (primary N) is 1. The second-order valence-electron chi connectivity index (χ2n) is 30.2. The van der Waals surface area contributed by atoms with Gasteiger partial charge in [0.1, 0.15) is 22.2 Å². The molecule has 0 bridgehead atoms. The number of hydrogen-bond donors (Lipinski definition) is 3. The van der Waals surface area contributed by atoms with E-state index in [4.69, 9.17) is 58.3 Å². The van der Waals surface area contributed by atoms with Gasteiger partial charge in [-0.05, 0) is 169 Å². The molecule has 0 unspecified atom stereocenters. The molecule has 4 fully saturated rings. The number of nitrogens with zero attached hydrogens (tertiary/aromatic N) is 13. The van der Waals surface area contributed by atoms with E-state index in [9.17, 15) is 33.6 Å². The summed E-state index contributed by atoms with van der Waals surface area (Å²) in [6, 6.07) is 0.594. The van der Waals surface area contributed by atoms with E-state index in [1.807, 2.05) is 94.9 Å². The Kier molecular flexibility index (Phi) is 38.7. The summed E-state index contributed by atoms with van der Waals surface area (Å²) < 4.78 is 16.1. The van der Waals surface area contributed by atoms with Crippen molar-refractivity contribution in [3.05, 3.63) is 82.7 Å². The van der Waals surface area contributed by atoms with Crippen LogP contribution in [0.4, 0.5) is 26.0 Å². The number of piperidine rings is 3. The summed E-state index contributed by atoms with van der Waals surface area (Å²) in [5.74, 6) is 0.512. The summed E-state index contributed by atoms with van der Waals surface area (Å²) in [6.07, 6.45) is 22.1. The number of amides is 6. The van der Waals surface area contributed by atoms with Crippen molar-refractivity contribution in [2.75, 3.05) is 49.1 Å². The number of anilines is 2. The molecule has 0 atom stereocenters. The first kappa shape index (κ1) is 95.5. The van der Waals surface area contributed by atoms with Crippen molar-refractivity contribution < 1.29 is 207 Å². The van der Waals surface area contributed by atoms with Crippen molar-refractivity contribution in [2.45, 2.75) is 251 Å². The van der Waals surface area contributed by atoms with Crippen LogP contribution in [0.2, 0.25) is 10.3 Å². The smallest absolute Gasteiger partial charge is 1.00 e. The van der Waals surface area contributed by atoms with Gasteiger partial charge in [0.15, 0.2) is 21.9 Å². The minimum atomic E-state index is -1.11. The number of likely N-dealkylation sites (tertiary alicyclic amines) is 3. The number of aliphatic carboxylic acids is 1. The molecule has 0 aromatic carbocycles. The van der Waals surface area contributed by atoms with Gasteiger partial charge < -0.3 is 56.6 Å². The molecule has 3 saturated heterocycles. The Balaban J connectivity index is 0.000000649. The van der Waals surface area contributed by atoms with Gasteiger partial charge in [0.05, 0.1) is 39.0 Å². The van der Waals surface area contributed by atoms with Crippen molar-refractivity contribution >= 4 is 95.7 Å². The fraction of sp³-hybridized carbons (Fsp3) is 0.652. The molecule has 4 aromatic heterocycles. The second-order valence-corrected chi connectivity index (χ2v) is 30.9. The number of carboxylic acids is 1. The van der Waals surface area contributed by atoms with Gasteiger partial charge in [0.25, 0.3) is 6.47 Å². The number of aromatic nitrogens is 8. The fourth-order valence-corrected chi connectivity index (χ4v) is 12.2. The zero-order valence-electron chi connectivity index (χ0n) is 64.3. The molecule has 34 heteroatoms. The summed E-state index contributed by atoms with van der Waals surface area (Å²) in [5.41, 5.74) is 3.43. The fourth-order valence-electron chi connectivity index (χ4n) is 11.5. The number of halogens is 3. The molecule has 5 aliphatic heterocycles. The number of ether oxygens (including phenoxy) is 3. The molecule has 6 aliphatic rings. The van der Waals surface area contributed by atoms with E-state index in [1.54, 1.807) is 58.2 Å². The number of hydrogen-bond acceptors (Lipinski definition) is 22. The van der Waals surface area contributed by atoms with Crippen molar-refractivity contribution in [3.8, 4) is 0 Å². The van der Waals surface area contributed by atoms with Gasteiger partial charge in [-0.2, -0.15) is 0 Å². The predicted octanol–water partition coefficient (Wildman–Crippen LogP) is 3.67. The van der Waals surface area contributed by atoms with Crippen LogP contribution in [0.5, 0.6) is 0 Å². The summed E-state index contributed by atoms with van der Waals surface area (Å²) in [4.78, 5) is 139. The van der Waals surface area contributed by atoms with Crippen LogP contribution < -0.4 is 164 Å². The molecule has 29 nitrogen and oxygen atoms in total. The number of rotatable bonds is 8. The quantitative estimate of drug-likeness (QED) is 0.0980. The molecule has 4 N–H and O–H groups in total. The van der Waals surface area contributed by atoms with Crippen LogP contribution >= 0.6 is 35.6 Å². The Bertz CT molecular complexity index is 3470. The monoisotopic (exact) mass is 1740 g/mol. The maximum absolute atomic E-state index is 12.9. The molecular formula is C69H104Cl3Cs2N15O14. The first-order valence-corrected chi connectivity index (χ1v) is 34.5. The molecule has 562 valence electrons. The third-order valence-electron chi connectivity index (χ3n) is 17.2. The summed E-state index contributed by atoms with van der Waals surface area (Å²) >= 11 is 11.8. The zero-order valence-corrected chi connectivity index (χ0v) is 78.2. The van der Waals surface area contributed by atoms with Crippen LogP contribution in [0.3, 0.4) is 0 Å². The van der Waals surface area contributed by atoms with Gasteiger partial charge in [-0.3, -0.25) is 53.7 Å². The molecule has 1 saturated carbocycles. The van der Waals surface area contributed by atoms with E-state index in [0.29, 0.717) is 69.4 Å². The maximum Gasteiger partial charge on any atom is 1.00 e. The van der Waals surface area contributed by atoms with E-state index < -0.39 is 44.4 Å². The average Bonchev–Trinajstić information content (AvgIpc) is 1.59. The van der Waals surface area contributed by atoms with Gasteiger partial charge in [-0.15, -0.1) is 12.4 Å². The van der Waals surface area contributed by atoms with Crippen LogP contribution in [0, 0.1) is 0 Å². The molecule has 4 aromatic rings. The Hall–Kier alpha value is -3.63. The third kappa shape index (κ3) is 27.5.